The fourth-order valence-corrected chi connectivity index (χ4v) is 3.32. The van der Waals surface area contributed by atoms with Gasteiger partial charge >= 0.3 is 0 Å². The molecule has 16 heavy (non-hydrogen) atoms. The van der Waals surface area contributed by atoms with E-state index in [0.717, 1.165) is 28.8 Å². The highest BCUT2D eigenvalue weighted by molar-refractivity contribution is 6.44. The Morgan fingerprint density at radius 1 is 1.19 bits per heavy atom. The van der Waals surface area contributed by atoms with E-state index < -0.39 is 4.84 Å². The molecule has 1 aliphatic heterocycles. The van der Waals surface area contributed by atoms with Crippen LogP contribution in [0.5, 0.6) is 0 Å². The summed E-state index contributed by atoms with van der Waals surface area (Å²) in [5, 5.41) is 0.00486. The number of rotatable bonds is 2. The molecular weight excluding hydrogens is 259 g/mol. The summed E-state index contributed by atoms with van der Waals surface area (Å²) in [6.07, 6.45) is 3.59. The van der Waals surface area contributed by atoms with E-state index in [2.05, 4.69) is 12.1 Å². The van der Waals surface area contributed by atoms with Crippen LogP contribution in [0, 0.1) is 0 Å². The SMILES string of the molecule is [SiH3]C1(c2ccc(C(Cl)Cl)cc2)CCCCO1. The third kappa shape index (κ3) is 2.62. The van der Waals surface area contributed by atoms with Gasteiger partial charge in [-0.15, -0.1) is 23.2 Å². The van der Waals surface area contributed by atoms with Crippen LogP contribution in [-0.2, 0) is 9.96 Å². The molecule has 1 aromatic rings. The maximum Gasteiger partial charge on any atom is 0.132 e. The molecule has 1 nitrogen and oxygen atoms in total. The Kier molecular flexibility index (Phi) is 3.96. The molecule has 0 spiro atoms. The molecule has 0 amide bonds. The van der Waals surface area contributed by atoms with Crippen LogP contribution in [0.15, 0.2) is 24.3 Å². The molecule has 1 saturated heterocycles. The highest BCUT2D eigenvalue weighted by atomic mass is 35.5. The second-order valence-corrected chi connectivity index (χ2v) is 7.17. The number of alkyl halides is 2. The molecule has 0 aromatic heterocycles. The van der Waals surface area contributed by atoms with Crippen LogP contribution in [0.3, 0.4) is 0 Å². The minimum atomic E-state index is -0.439. The quantitative estimate of drug-likeness (QED) is 0.595. The molecule has 2 rings (SSSR count). The van der Waals surface area contributed by atoms with Crippen molar-refractivity contribution in [1.29, 1.82) is 0 Å². The van der Waals surface area contributed by atoms with Gasteiger partial charge in [-0.25, -0.2) is 0 Å². The maximum atomic E-state index is 5.95. The van der Waals surface area contributed by atoms with E-state index in [-0.39, 0.29) is 5.22 Å². The van der Waals surface area contributed by atoms with Gasteiger partial charge in [0, 0.05) is 16.8 Å². The van der Waals surface area contributed by atoms with Gasteiger partial charge in [-0.2, -0.15) is 0 Å². The van der Waals surface area contributed by atoms with Crippen LogP contribution >= 0.6 is 23.2 Å². The maximum absolute atomic E-state index is 5.95. The zero-order valence-electron chi connectivity index (χ0n) is 9.38. The summed E-state index contributed by atoms with van der Waals surface area (Å²) in [6.45, 7) is 0.888. The third-order valence-corrected chi connectivity index (χ3v) is 5.11. The van der Waals surface area contributed by atoms with E-state index >= 15 is 0 Å². The molecular formula is C12H16Cl2OSi. The van der Waals surface area contributed by atoms with Crippen LogP contribution < -0.4 is 0 Å². The molecule has 1 heterocycles. The number of ether oxygens (including phenoxy) is 1. The van der Waals surface area contributed by atoms with E-state index in [1.165, 1.54) is 18.4 Å². The average Bonchev–Trinajstić information content (AvgIpc) is 2.30. The standard InChI is InChI=1S/C12H16Cl2OSi/c13-11(14)9-3-5-10(6-4-9)12(16)7-1-2-8-15-12/h3-6,11H,1-2,7-8H2,16H3. The summed E-state index contributed by atoms with van der Waals surface area (Å²) >= 11 is 11.6. The topological polar surface area (TPSA) is 9.23 Å². The Balaban J connectivity index is 2.20. The van der Waals surface area contributed by atoms with Crippen molar-refractivity contribution in [3.05, 3.63) is 35.4 Å². The largest absolute Gasteiger partial charge is 0.375 e. The fraction of sp³-hybridized carbons (Fsp3) is 0.500. The third-order valence-electron chi connectivity index (χ3n) is 3.24. The zero-order chi connectivity index (χ0) is 11.6. The van der Waals surface area contributed by atoms with Gasteiger partial charge < -0.3 is 4.74 Å². The molecule has 0 saturated carbocycles. The van der Waals surface area contributed by atoms with Crippen LogP contribution in [0.25, 0.3) is 0 Å². The van der Waals surface area contributed by atoms with Crippen molar-refractivity contribution in [2.75, 3.05) is 6.61 Å². The van der Waals surface area contributed by atoms with Gasteiger partial charge in [-0.1, -0.05) is 24.3 Å². The van der Waals surface area contributed by atoms with Crippen molar-refractivity contribution in [3.8, 4) is 0 Å². The van der Waals surface area contributed by atoms with Crippen molar-refractivity contribution >= 4 is 33.4 Å². The molecule has 1 atom stereocenters. The summed E-state index contributed by atoms with van der Waals surface area (Å²) < 4.78 is 5.95. The van der Waals surface area contributed by atoms with Crippen LogP contribution in [0.4, 0.5) is 0 Å². The lowest BCUT2D eigenvalue weighted by Gasteiger charge is -2.34. The first-order chi connectivity index (χ1) is 7.62. The predicted octanol–water partition coefficient (Wildman–Crippen LogP) is 2.88. The molecule has 0 N–H and O–H groups in total. The first-order valence-electron chi connectivity index (χ1n) is 5.64. The minimum Gasteiger partial charge on any atom is -0.375 e. The molecule has 4 heteroatoms. The molecule has 0 radical (unpaired) electrons. The van der Waals surface area contributed by atoms with Gasteiger partial charge in [0.1, 0.15) is 4.84 Å². The Hall–Kier alpha value is -0.0231. The van der Waals surface area contributed by atoms with Gasteiger partial charge in [0.2, 0.25) is 0 Å². The smallest absolute Gasteiger partial charge is 0.132 e. The Bertz CT molecular complexity index is 345. The van der Waals surface area contributed by atoms with Crippen molar-refractivity contribution in [1.82, 2.24) is 0 Å². The summed E-state index contributed by atoms with van der Waals surface area (Å²) in [5.74, 6) is 0. The van der Waals surface area contributed by atoms with Crippen molar-refractivity contribution in [2.45, 2.75) is 29.3 Å². The summed E-state index contributed by atoms with van der Waals surface area (Å²) in [5.41, 5.74) is 2.23. The molecule has 1 aliphatic rings. The predicted molar refractivity (Wildman–Crippen MR) is 72.3 cm³/mol. The van der Waals surface area contributed by atoms with E-state index in [9.17, 15) is 0 Å². The van der Waals surface area contributed by atoms with Gasteiger partial charge in [0.25, 0.3) is 0 Å². The van der Waals surface area contributed by atoms with Crippen molar-refractivity contribution < 1.29 is 4.74 Å². The number of hydrogen-bond donors (Lipinski definition) is 0. The first kappa shape index (κ1) is 12.4. The van der Waals surface area contributed by atoms with E-state index in [1.807, 2.05) is 12.1 Å². The van der Waals surface area contributed by atoms with E-state index in [0.29, 0.717) is 0 Å². The number of hydrogen-bond acceptors (Lipinski definition) is 1. The second kappa shape index (κ2) is 5.09. The van der Waals surface area contributed by atoms with Crippen molar-refractivity contribution in [3.63, 3.8) is 0 Å². The van der Waals surface area contributed by atoms with Gasteiger partial charge in [0.05, 0.1) is 5.22 Å². The molecule has 0 aliphatic carbocycles. The zero-order valence-corrected chi connectivity index (χ0v) is 12.9. The first-order valence-corrected chi connectivity index (χ1v) is 7.52. The lowest BCUT2D eigenvalue weighted by Crippen LogP contribution is -2.33. The van der Waals surface area contributed by atoms with Crippen molar-refractivity contribution in [2.24, 2.45) is 0 Å². The van der Waals surface area contributed by atoms with Gasteiger partial charge in [0.15, 0.2) is 0 Å². The number of benzene rings is 1. The molecule has 1 unspecified atom stereocenters. The number of halogens is 2. The van der Waals surface area contributed by atoms with E-state index in [1.54, 1.807) is 0 Å². The van der Waals surface area contributed by atoms with E-state index in [4.69, 9.17) is 27.9 Å². The lowest BCUT2D eigenvalue weighted by molar-refractivity contribution is -0.0210. The summed E-state index contributed by atoms with van der Waals surface area (Å²) in [6, 6.07) is 8.20. The average molecular weight is 275 g/mol. The minimum absolute atomic E-state index is 0.00486. The van der Waals surface area contributed by atoms with Crippen LogP contribution in [-0.4, -0.2) is 16.8 Å². The Morgan fingerprint density at radius 3 is 2.38 bits per heavy atom. The highest BCUT2D eigenvalue weighted by Gasteiger charge is 2.29. The van der Waals surface area contributed by atoms with Crippen LogP contribution in [0.2, 0.25) is 0 Å². The summed E-state index contributed by atoms with van der Waals surface area (Å²) in [4.78, 5) is -0.439. The van der Waals surface area contributed by atoms with Crippen LogP contribution in [0.1, 0.15) is 35.2 Å². The Labute approximate surface area is 110 Å². The molecule has 88 valence electrons. The monoisotopic (exact) mass is 274 g/mol. The normalized spacial score (nSPS) is 26.2. The Morgan fingerprint density at radius 2 is 1.88 bits per heavy atom. The molecule has 1 aromatic carbocycles. The lowest BCUT2D eigenvalue weighted by atomic mass is 9.99. The molecule has 0 bridgehead atoms. The summed E-state index contributed by atoms with van der Waals surface area (Å²) in [7, 11) is 1.02. The molecule has 1 fully saturated rings. The fourth-order valence-electron chi connectivity index (χ4n) is 2.14. The highest BCUT2D eigenvalue weighted by Crippen LogP contribution is 2.33. The van der Waals surface area contributed by atoms with Gasteiger partial charge in [-0.3, -0.25) is 0 Å². The second-order valence-electron chi connectivity index (χ2n) is 4.46. The van der Waals surface area contributed by atoms with Gasteiger partial charge in [-0.05, 0) is 30.4 Å².